The van der Waals surface area contributed by atoms with Crippen molar-refractivity contribution in [3.63, 3.8) is 0 Å². The van der Waals surface area contributed by atoms with Gasteiger partial charge in [-0.1, -0.05) is 65.2 Å². The van der Waals surface area contributed by atoms with Gasteiger partial charge in [0.05, 0.1) is 12.2 Å². The first kappa shape index (κ1) is 18.0. The molecule has 2 atom stereocenters. The van der Waals surface area contributed by atoms with Crippen LogP contribution in [0.25, 0.3) is 0 Å². The van der Waals surface area contributed by atoms with Gasteiger partial charge in [-0.3, -0.25) is 0 Å². The third-order valence-corrected chi connectivity index (χ3v) is 4.30. The van der Waals surface area contributed by atoms with E-state index in [9.17, 15) is 0 Å². The Morgan fingerprint density at radius 2 is 1.10 bits per heavy atom. The average Bonchev–Trinajstić information content (AvgIpc) is 2.48. The zero-order chi connectivity index (χ0) is 14.5. The molecule has 0 aromatic heterocycles. The molecule has 2 heteroatoms. The summed E-state index contributed by atoms with van der Waals surface area (Å²) in [6.45, 7) is 6.37. The Morgan fingerprint density at radius 1 is 0.650 bits per heavy atom. The van der Waals surface area contributed by atoms with Gasteiger partial charge in [-0.25, -0.2) is 0 Å². The fraction of sp³-hybridized carbons (Fsp3) is 1.00. The largest absolute Gasteiger partial charge is 0.376 e. The fourth-order valence-electron chi connectivity index (χ4n) is 2.97. The molecular weight excluding hydrogens is 248 g/mol. The molecule has 120 valence electrons. The second kappa shape index (κ2) is 12.6. The van der Waals surface area contributed by atoms with Crippen LogP contribution in [-0.4, -0.2) is 25.4 Å². The van der Waals surface area contributed by atoms with Gasteiger partial charge < -0.3 is 9.47 Å². The van der Waals surface area contributed by atoms with E-state index in [0.717, 1.165) is 13.2 Å². The highest BCUT2D eigenvalue weighted by Gasteiger charge is 2.26. The van der Waals surface area contributed by atoms with Crippen molar-refractivity contribution in [1.82, 2.24) is 0 Å². The van der Waals surface area contributed by atoms with E-state index in [1.165, 1.54) is 77.0 Å². The molecule has 0 N–H and O–H groups in total. The van der Waals surface area contributed by atoms with E-state index >= 15 is 0 Å². The molecule has 0 spiro atoms. The van der Waals surface area contributed by atoms with E-state index in [1.807, 2.05) is 0 Å². The van der Waals surface area contributed by atoms with Crippen LogP contribution in [0.3, 0.4) is 0 Å². The van der Waals surface area contributed by atoms with Crippen LogP contribution >= 0.6 is 0 Å². The molecule has 0 bridgehead atoms. The Hall–Kier alpha value is -0.0800. The van der Waals surface area contributed by atoms with E-state index in [0.29, 0.717) is 12.2 Å². The van der Waals surface area contributed by atoms with E-state index < -0.39 is 0 Å². The molecule has 0 aromatic rings. The van der Waals surface area contributed by atoms with Crippen molar-refractivity contribution in [2.24, 2.45) is 0 Å². The van der Waals surface area contributed by atoms with Gasteiger partial charge in [0.15, 0.2) is 0 Å². The lowest BCUT2D eigenvalue weighted by Crippen LogP contribution is -2.35. The molecule has 1 saturated carbocycles. The summed E-state index contributed by atoms with van der Waals surface area (Å²) >= 11 is 0. The van der Waals surface area contributed by atoms with E-state index in [2.05, 4.69) is 13.8 Å². The summed E-state index contributed by atoms with van der Waals surface area (Å²) in [5.74, 6) is 0. The first-order valence-corrected chi connectivity index (χ1v) is 9.11. The highest BCUT2D eigenvalue weighted by Crippen LogP contribution is 2.24. The first-order chi connectivity index (χ1) is 9.88. The summed E-state index contributed by atoms with van der Waals surface area (Å²) in [7, 11) is 0. The number of hydrogen-bond donors (Lipinski definition) is 0. The summed E-state index contributed by atoms with van der Waals surface area (Å²) in [5.41, 5.74) is 0. The Morgan fingerprint density at radius 3 is 1.50 bits per heavy atom. The van der Waals surface area contributed by atoms with Crippen LogP contribution in [0.2, 0.25) is 0 Å². The van der Waals surface area contributed by atoms with Crippen molar-refractivity contribution in [2.75, 3.05) is 13.2 Å². The van der Waals surface area contributed by atoms with Crippen LogP contribution < -0.4 is 0 Å². The van der Waals surface area contributed by atoms with Crippen molar-refractivity contribution in [3.05, 3.63) is 0 Å². The van der Waals surface area contributed by atoms with Crippen molar-refractivity contribution in [3.8, 4) is 0 Å². The van der Waals surface area contributed by atoms with Gasteiger partial charge in [0.1, 0.15) is 0 Å². The van der Waals surface area contributed by atoms with Crippen LogP contribution in [0.1, 0.15) is 90.9 Å². The standard InChI is InChI=1S/C18H36O2/c1-3-5-7-11-15-19-17-13-9-10-14-18(17)20-16-12-8-6-4-2/h17-18H,3-16H2,1-2H3. The zero-order valence-electron chi connectivity index (χ0n) is 13.9. The molecule has 1 rings (SSSR count). The average molecular weight is 284 g/mol. The van der Waals surface area contributed by atoms with E-state index in [4.69, 9.17) is 9.47 Å². The predicted molar refractivity (Wildman–Crippen MR) is 86.2 cm³/mol. The van der Waals surface area contributed by atoms with Gasteiger partial charge in [-0.2, -0.15) is 0 Å². The Labute approximate surface area is 126 Å². The monoisotopic (exact) mass is 284 g/mol. The number of unbranched alkanes of at least 4 members (excludes halogenated alkanes) is 6. The minimum absolute atomic E-state index is 0.372. The van der Waals surface area contributed by atoms with Crippen LogP contribution in [0.15, 0.2) is 0 Å². The maximum Gasteiger partial charge on any atom is 0.0836 e. The molecule has 0 heterocycles. The van der Waals surface area contributed by atoms with Gasteiger partial charge in [0.25, 0.3) is 0 Å². The summed E-state index contributed by atoms with van der Waals surface area (Å²) in [6, 6.07) is 0. The van der Waals surface area contributed by atoms with Crippen molar-refractivity contribution < 1.29 is 9.47 Å². The summed E-state index contributed by atoms with van der Waals surface area (Å²) in [4.78, 5) is 0. The molecule has 0 aliphatic heterocycles. The van der Waals surface area contributed by atoms with Crippen molar-refractivity contribution in [1.29, 1.82) is 0 Å². The summed E-state index contributed by atoms with van der Waals surface area (Å²) < 4.78 is 12.2. The summed E-state index contributed by atoms with van der Waals surface area (Å²) in [5, 5.41) is 0. The maximum atomic E-state index is 6.10. The Kier molecular flexibility index (Phi) is 11.4. The predicted octanol–water partition coefficient (Wildman–Crippen LogP) is 5.49. The number of hydrogen-bond acceptors (Lipinski definition) is 2. The molecule has 1 aliphatic carbocycles. The lowest BCUT2D eigenvalue weighted by atomic mass is 9.94. The maximum absolute atomic E-state index is 6.10. The van der Waals surface area contributed by atoms with Crippen molar-refractivity contribution >= 4 is 0 Å². The third-order valence-electron chi connectivity index (χ3n) is 4.30. The second-order valence-corrected chi connectivity index (χ2v) is 6.22. The lowest BCUT2D eigenvalue weighted by molar-refractivity contribution is -0.0933. The Bertz CT molecular complexity index is 184. The quantitative estimate of drug-likeness (QED) is 0.441. The number of rotatable bonds is 12. The van der Waals surface area contributed by atoms with Gasteiger partial charge in [-0.15, -0.1) is 0 Å². The molecular formula is C18H36O2. The molecule has 1 aliphatic rings. The van der Waals surface area contributed by atoms with Gasteiger partial charge >= 0.3 is 0 Å². The normalized spacial score (nSPS) is 23.1. The summed E-state index contributed by atoms with van der Waals surface area (Å²) in [6.07, 6.45) is 16.1. The van der Waals surface area contributed by atoms with Crippen molar-refractivity contribution in [2.45, 2.75) is 103 Å². The fourth-order valence-corrected chi connectivity index (χ4v) is 2.97. The van der Waals surface area contributed by atoms with Gasteiger partial charge in [0, 0.05) is 13.2 Å². The van der Waals surface area contributed by atoms with E-state index in [1.54, 1.807) is 0 Å². The Balaban J connectivity index is 2.10. The lowest BCUT2D eigenvalue weighted by Gasteiger charge is -2.31. The highest BCUT2D eigenvalue weighted by atomic mass is 16.5. The molecule has 2 nitrogen and oxygen atoms in total. The van der Waals surface area contributed by atoms with Gasteiger partial charge in [0.2, 0.25) is 0 Å². The second-order valence-electron chi connectivity index (χ2n) is 6.22. The molecule has 0 amide bonds. The van der Waals surface area contributed by atoms with Crippen LogP contribution in [0.4, 0.5) is 0 Å². The SMILES string of the molecule is CCCCCCOC1CCCCC1OCCCCCC. The number of ether oxygens (including phenoxy) is 2. The van der Waals surface area contributed by atoms with Crippen LogP contribution in [0, 0.1) is 0 Å². The molecule has 0 radical (unpaired) electrons. The minimum atomic E-state index is 0.372. The smallest absolute Gasteiger partial charge is 0.0836 e. The van der Waals surface area contributed by atoms with E-state index in [-0.39, 0.29) is 0 Å². The topological polar surface area (TPSA) is 18.5 Å². The third kappa shape index (κ3) is 8.26. The molecule has 1 fully saturated rings. The molecule has 0 aromatic carbocycles. The molecule has 20 heavy (non-hydrogen) atoms. The van der Waals surface area contributed by atoms with Crippen LogP contribution in [0.5, 0.6) is 0 Å². The van der Waals surface area contributed by atoms with Gasteiger partial charge in [-0.05, 0) is 25.7 Å². The van der Waals surface area contributed by atoms with Crippen LogP contribution in [-0.2, 0) is 9.47 Å². The zero-order valence-corrected chi connectivity index (χ0v) is 13.9. The molecule has 2 unspecified atom stereocenters. The molecule has 0 saturated heterocycles. The first-order valence-electron chi connectivity index (χ1n) is 9.11. The minimum Gasteiger partial charge on any atom is -0.376 e. The highest BCUT2D eigenvalue weighted by molar-refractivity contribution is 4.76.